The van der Waals surface area contributed by atoms with E-state index >= 15 is 0 Å². The number of sulfone groups is 1. The fraction of sp³-hybridized carbons (Fsp3) is 0.0435. The second kappa shape index (κ2) is 7.61. The molecule has 4 rings (SSSR count). The number of anilines is 2. The molecule has 7 heteroatoms. The fourth-order valence-corrected chi connectivity index (χ4v) is 4.97. The average molecular weight is 418 g/mol. The van der Waals surface area contributed by atoms with Gasteiger partial charge in [0.2, 0.25) is 9.84 Å². The predicted octanol–water partition coefficient (Wildman–Crippen LogP) is 4.10. The summed E-state index contributed by atoms with van der Waals surface area (Å²) in [6, 6.07) is 21.8. The molecule has 1 amide bonds. The summed E-state index contributed by atoms with van der Waals surface area (Å²) in [5, 5.41) is 5.70. The van der Waals surface area contributed by atoms with Crippen molar-refractivity contribution < 1.29 is 18.0 Å². The van der Waals surface area contributed by atoms with E-state index in [2.05, 4.69) is 10.6 Å². The molecule has 6 nitrogen and oxygen atoms in total. The van der Waals surface area contributed by atoms with Gasteiger partial charge in [0, 0.05) is 22.5 Å². The van der Waals surface area contributed by atoms with Crippen molar-refractivity contribution in [2.24, 2.45) is 0 Å². The van der Waals surface area contributed by atoms with E-state index in [9.17, 15) is 18.0 Å². The van der Waals surface area contributed by atoms with E-state index in [0.717, 1.165) is 0 Å². The van der Waals surface area contributed by atoms with Crippen LogP contribution in [0.4, 0.5) is 11.4 Å². The Morgan fingerprint density at radius 2 is 1.47 bits per heavy atom. The van der Waals surface area contributed by atoms with Gasteiger partial charge in [0.05, 0.1) is 10.6 Å². The van der Waals surface area contributed by atoms with Gasteiger partial charge in [0.1, 0.15) is 0 Å². The third kappa shape index (κ3) is 3.51. The molecule has 30 heavy (non-hydrogen) atoms. The third-order valence-corrected chi connectivity index (χ3v) is 6.58. The smallest absolute Gasteiger partial charge is 0.269 e. The Bertz CT molecular complexity index is 1300. The van der Waals surface area contributed by atoms with Crippen LogP contribution in [0.5, 0.6) is 0 Å². The first-order chi connectivity index (χ1) is 14.4. The van der Waals surface area contributed by atoms with Crippen molar-refractivity contribution in [3.05, 3.63) is 94.9 Å². The summed E-state index contributed by atoms with van der Waals surface area (Å²) in [4.78, 5) is 24.4. The second-order valence-corrected chi connectivity index (χ2v) is 8.64. The van der Waals surface area contributed by atoms with Crippen molar-refractivity contribution in [2.45, 2.75) is 11.8 Å². The molecule has 0 aromatic heterocycles. The van der Waals surface area contributed by atoms with Gasteiger partial charge in [-0.25, -0.2) is 8.42 Å². The minimum Gasteiger partial charge on any atom is -0.354 e. The molecule has 0 saturated carbocycles. The standard InChI is InChI=1S/C23H18N2O4S/c1-15(26)16-8-7-11-18(14-16)24-21-19-12-5-6-13-20(19)30(28,29)22(21)23(27)25-17-9-3-2-4-10-17/h2-14,24H,1H3,(H,25,27). The van der Waals surface area contributed by atoms with Crippen molar-refractivity contribution in [3.8, 4) is 0 Å². The predicted molar refractivity (Wildman–Crippen MR) is 116 cm³/mol. The van der Waals surface area contributed by atoms with E-state index in [4.69, 9.17) is 0 Å². The van der Waals surface area contributed by atoms with Gasteiger partial charge in [0.25, 0.3) is 5.91 Å². The van der Waals surface area contributed by atoms with Crippen molar-refractivity contribution in [2.75, 3.05) is 10.6 Å². The topological polar surface area (TPSA) is 92.3 Å². The SMILES string of the molecule is CC(=O)c1cccc(NC2=C(C(=O)Nc3ccccc3)S(=O)(=O)c3ccccc32)c1. The molecular formula is C23H18N2O4S. The molecule has 0 aliphatic carbocycles. The molecule has 1 aliphatic rings. The lowest BCUT2D eigenvalue weighted by atomic mass is 10.1. The Morgan fingerprint density at radius 1 is 0.800 bits per heavy atom. The zero-order valence-corrected chi connectivity index (χ0v) is 16.9. The summed E-state index contributed by atoms with van der Waals surface area (Å²) >= 11 is 0. The number of carbonyl (C=O) groups excluding carboxylic acids is 2. The minimum atomic E-state index is -4.02. The Morgan fingerprint density at radius 3 is 2.20 bits per heavy atom. The third-order valence-electron chi connectivity index (χ3n) is 4.72. The number of hydrogen-bond acceptors (Lipinski definition) is 5. The normalized spacial score (nSPS) is 14.2. The Kier molecular flexibility index (Phi) is 4.97. The first-order valence-electron chi connectivity index (χ1n) is 9.21. The van der Waals surface area contributed by atoms with Crippen LogP contribution in [0, 0.1) is 0 Å². The number of para-hydroxylation sites is 1. The monoisotopic (exact) mass is 418 g/mol. The summed E-state index contributed by atoms with van der Waals surface area (Å²) in [5.41, 5.74) is 2.06. The van der Waals surface area contributed by atoms with E-state index < -0.39 is 15.7 Å². The lowest BCUT2D eigenvalue weighted by Crippen LogP contribution is -2.20. The van der Waals surface area contributed by atoms with Crippen LogP contribution in [0.15, 0.2) is 88.7 Å². The maximum Gasteiger partial charge on any atom is 0.269 e. The molecule has 0 spiro atoms. The lowest BCUT2D eigenvalue weighted by molar-refractivity contribution is -0.112. The first-order valence-corrected chi connectivity index (χ1v) is 10.7. The number of carbonyl (C=O) groups is 2. The van der Waals surface area contributed by atoms with Crippen LogP contribution in [-0.4, -0.2) is 20.1 Å². The minimum absolute atomic E-state index is 0.0634. The van der Waals surface area contributed by atoms with Crippen molar-refractivity contribution in [1.82, 2.24) is 0 Å². The number of benzene rings is 3. The lowest BCUT2D eigenvalue weighted by Gasteiger charge is -2.12. The molecule has 0 saturated heterocycles. The zero-order chi connectivity index (χ0) is 21.3. The summed E-state index contributed by atoms with van der Waals surface area (Å²) in [7, 11) is -4.02. The molecule has 0 radical (unpaired) electrons. The van der Waals surface area contributed by atoms with Gasteiger partial charge in [0.15, 0.2) is 10.7 Å². The summed E-state index contributed by atoms with van der Waals surface area (Å²) in [5.74, 6) is -0.850. The van der Waals surface area contributed by atoms with Crippen LogP contribution in [0.3, 0.4) is 0 Å². The Labute approximate surface area is 174 Å². The average Bonchev–Trinajstić information content (AvgIpc) is 2.96. The van der Waals surface area contributed by atoms with Crippen LogP contribution < -0.4 is 10.6 Å². The van der Waals surface area contributed by atoms with Gasteiger partial charge in [-0.3, -0.25) is 9.59 Å². The van der Waals surface area contributed by atoms with Crippen molar-refractivity contribution >= 4 is 38.6 Å². The fourth-order valence-electron chi connectivity index (χ4n) is 3.30. The molecule has 0 unspecified atom stereocenters. The number of Topliss-reactive ketones (excluding diaryl/α,β-unsaturated/α-hetero) is 1. The van der Waals surface area contributed by atoms with E-state index in [1.54, 1.807) is 72.8 Å². The number of fused-ring (bicyclic) bond motifs is 1. The van der Waals surface area contributed by atoms with Crippen LogP contribution >= 0.6 is 0 Å². The highest BCUT2D eigenvalue weighted by atomic mass is 32.2. The summed E-state index contributed by atoms with van der Waals surface area (Å²) in [6.07, 6.45) is 0. The molecule has 150 valence electrons. The van der Waals surface area contributed by atoms with Gasteiger partial charge in [-0.1, -0.05) is 48.5 Å². The van der Waals surface area contributed by atoms with Crippen LogP contribution in [0.25, 0.3) is 5.70 Å². The molecule has 3 aromatic carbocycles. The van der Waals surface area contributed by atoms with Crippen molar-refractivity contribution in [3.63, 3.8) is 0 Å². The van der Waals surface area contributed by atoms with Crippen molar-refractivity contribution in [1.29, 1.82) is 0 Å². The van der Waals surface area contributed by atoms with Crippen LogP contribution in [0.1, 0.15) is 22.8 Å². The summed E-state index contributed by atoms with van der Waals surface area (Å²) < 4.78 is 26.4. The van der Waals surface area contributed by atoms with Crippen LogP contribution in [0.2, 0.25) is 0 Å². The van der Waals surface area contributed by atoms with E-state index in [-0.39, 0.29) is 21.3 Å². The number of nitrogens with one attached hydrogen (secondary N) is 2. The molecular weight excluding hydrogens is 400 g/mol. The maximum atomic E-state index is 13.2. The molecule has 3 aromatic rings. The number of rotatable bonds is 5. The molecule has 1 aliphatic heterocycles. The van der Waals surface area contributed by atoms with E-state index in [1.165, 1.54) is 13.0 Å². The Hall–Kier alpha value is -3.71. The molecule has 0 fully saturated rings. The van der Waals surface area contributed by atoms with E-state index in [0.29, 0.717) is 22.5 Å². The number of hydrogen-bond donors (Lipinski definition) is 2. The highest BCUT2D eigenvalue weighted by Gasteiger charge is 2.40. The second-order valence-electron chi connectivity index (χ2n) is 6.79. The number of ketones is 1. The number of amides is 1. The van der Waals surface area contributed by atoms with Gasteiger partial charge >= 0.3 is 0 Å². The highest BCUT2D eigenvalue weighted by molar-refractivity contribution is 7.97. The zero-order valence-electron chi connectivity index (χ0n) is 16.0. The van der Waals surface area contributed by atoms with Gasteiger partial charge < -0.3 is 10.6 Å². The highest BCUT2D eigenvalue weighted by Crippen LogP contribution is 2.40. The first kappa shape index (κ1) is 19.6. The maximum absolute atomic E-state index is 13.2. The summed E-state index contributed by atoms with van der Waals surface area (Å²) in [6.45, 7) is 1.45. The van der Waals surface area contributed by atoms with E-state index in [1.807, 2.05) is 0 Å². The largest absolute Gasteiger partial charge is 0.354 e. The van der Waals surface area contributed by atoms with Gasteiger partial charge in [-0.05, 0) is 37.3 Å². The molecule has 0 bridgehead atoms. The molecule has 1 heterocycles. The van der Waals surface area contributed by atoms with Gasteiger partial charge in [-0.15, -0.1) is 0 Å². The Balaban J connectivity index is 1.82. The van der Waals surface area contributed by atoms with Crippen LogP contribution in [-0.2, 0) is 14.6 Å². The molecule has 2 N–H and O–H groups in total. The molecule has 0 atom stereocenters. The van der Waals surface area contributed by atoms with Gasteiger partial charge in [-0.2, -0.15) is 0 Å². The quantitative estimate of drug-likeness (QED) is 0.609.